The van der Waals surface area contributed by atoms with E-state index in [2.05, 4.69) is 0 Å². The summed E-state index contributed by atoms with van der Waals surface area (Å²) in [7, 11) is -0.332. The zero-order chi connectivity index (χ0) is 7.61. The molecule has 1 heterocycles. The Bertz CT molecular complexity index is 149. The summed E-state index contributed by atoms with van der Waals surface area (Å²) >= 11 is 0. The molecule has 1 rings (SSSR count). The summed E-state index contributed by atoms with van der Waals surface area (Å²) in [5, 5.41) is 0. The monoisotopic (exact) mass is 162 g/mol. The molecule has 10 heavy (non-hydrogen) atoms. The van der Waals surface area contributed by atoms with Crippen molar-refractivity contribution < 1.29 is 13.8 Å². The van der Waals surface area contributed by atoms with Gasteiger partial charge >= 0.3 is 0 Å². The lowest BCUT2D eigenvalue weighted by molar-refractivity contribution is 0.0268. The van der Waals surface area contributed by atoms with Crippen LogP contribution in [0.4, 0.5) is 0 Å². The second-order valence-electron chi connectivity index (χ2n) is 2.64. The Kier molecular flexibility index (Phi) is 2.56. The van der Waals surface area contributed by atoms with Crippen LogP contribution in [-0.4, -0.2) is 33.6 Å². The van der Waals surface area contributed by atoms with Crippen molar-refractivity contribution in [2.75, 3.05) is 19.6 Å². The van der Waals surface area contributed by atoms with Gasteiger partial charge in [-0.05, 0) is 0 Å². The number of rotatable bonds is 1. The Hall–Kier alpha value is 0.215. The fourth-order valence-corrected chi connectivity index (χ4v) is 1.84. The second kappa shape index (κ2) is 3.08. The first-order valence-electron chi connectivity index (χ1n) is 3.47. The summed E-state index contributed by atoms with van der Waals surface area (Å²) in [6.45, 7) is 2.10. The van der Waals surface area contributed by atoms with Gasteiger partial charge in [0.2, 0.25) is 7.37 Å². The molecule has 5 heteroatoms. The van der Waals surface area contributed by atoms with Gasteiger partial charge in [-0.1, -0.05) is 6.32 Å². The van der Waals surface area contributed by atoms with E-state index in [0.717, 1.165) is 6.32 Å². The van der Waals surface area contributed by atoms with Crippen molar-refractivity contribution in [1.29, 1.82) is 0 Å². The topological polar surface area (TPSA) is 35.5 Å². The maximum absolute atomic E-state index is 11.1. The molecule has 58 valence electrons. The van der Waals surface area contributed by atoms with Crippen molar-refractivity contribution in [3.63, 3.8) is 0 Å². The third-order valence-corrected chi connectivity index (χ3v) is 2.85. The van der Waals surface area contributed by atoms with Gasteiger partial charge in [-0.15, -0.1) is 0 Å². The van der Waals surface area contributed by atoms with Gasteiger partial charge in [-0.25, -0.2) is 0 Å². The fourth-order valence-electron chi connectivity index (χ4n) is 0.803. The van der Waals surface area contributed by atoms with E-state index in [0.29, 0.717) is 6.61 Å². The lowest BCUT2D eigenvalue weighted by atomic mass is 10.0. The van der Waals surface area contributed by atoms with Crippen molar-refractivity contribution in [3.05, 3.63) is 0 Å². The maximum atomic E-state index is 11.1. The Morgan fingerprint density at radius 3 is 2.90 bits per heavy atom. The summed E-state index contributed by atoms with van der Waals surface area (Å²) in [6, 6.07) is 0. The van der Waals surface area contributed by atoms with Crippen LogP contribution in [-0.2, 0) is 13.8 Å². The molecular weight excluding hydrogens is 150 g/mol. The second-order valence-corrected chi connectivity index (χ2v) is 5.18. The third kappa shape index (κ3) is 2.12. The summed E-state index contributed by atoms with van der Waals surface area (Å²) in [4.78, 5) is 0. The Morgan fingerprint density at radius 2 is 2.50 bits per heavy atom. The molecule has 0 radical (unpaired) electrons. The molecule has 1 aliphatic heterocycles. The van der Waals surface area contributed by atoms with Crippen LogP contribution >= 0.6 is 7.37 Å². The van der Waals surface area contributed by atoms with Crippen LogP contribution in [0.15, 0.2) is 0 Å². The molecule has 0 aromatic rings. The lowest BCUT2D eigenvalue weighted by Gasteiger charge is -2.26. The van der Waals surface area contributed by atoms with Crippen LogP contribution in [0.5, 0.6) is 0 Å². The first-order valence-corrected chi connectivity index (χ1v) is 5.72. The largest absolute Gasteiger partial charge is 0.366 e. The number of hydrogen-bond acceptors (Lipinski definition) is 3. The minimum absolute atomic E-state index is 0.155. The minimum Gasteiger partial charge on any atom is -0.366 e. The normalized spacial score (nSPS) is 41.5. The van der Waals surface area contributed by atoms with E-state index < -0.39 is 7.37 Å². The van der Waals surface area contributed by atoms with Crippen LogP contribution in [0.25, 0.3) is 0 Å². The molecule has 3 nitrogen and oxygen atoms in total. The highest BCUT2D eigenvalue weighted by Gasteiger charge is 2.25. The van der Waals surface area contributed by atoms with E-state index in [1.807, 2.05) is 7.85 Å². The molecule has 1 fully saturated rings. The van der Waals surface area contributed by atoms with Crippen molar-refractivity contribution in [2.45, 2.75) is 12.4 Å². The minimum atomic E-state index is -2.36. The van der Waals surface area contributed by atoms with E-state index in [1.54, 1.807) is 6.66 Å². The SMILES string of the molecule is BCC1COP(C)(=O)CO1. The van der Waals surface area contributed by atoms with Crippen molar-refractivity contribution >= 4 is 15.2 Å². The predicted octanol–water partition coefficient (Wildman–Crippen LogP) is 0.319. The van der Waals surface area contributed by atoms with Crippen molar-refractivity contribution in [1.82, 2.24) is 0 Å². The van der Waals surface area contributed by atoms with Gasteiger partial charge in [0.1, 0.15) is 14.2 Å². The average Bonchev–Trinajstić information content (AvgIpc) is 1.88. The van der Waals surface area contributed by atoms with Crippen LogP contribution in [0.1, 0.15) is 0 Å². The summed E-state index contributed by atoms with van der Waals surface area (Å²) in [5.74, 6) is 0. The molecule has 1 aliphatic rings. The molecule has 0 aromatic heterocycles. The summed E-state index contributed by atoms with van der Waals surface area (Å²) in [6.07, 6.45) is 1.37. The lowest BCUT2D eigenvalue weighted by Crippen LogP contribution is -2.24. The Labute approximate surface area is 61.9 Å². The molecule has 0 spiro atoms. The molecule has 2 atom stereocenters. The van der Waals surface area contributed by atoms with E-state index in [-0.39, 0.29) is 12.5 Å². The van der Waals surface area contributed by atoms with Crippen LogP contribution in [0, 0.1) is 0 Å². The fraction of sp³-hybridized carbons (Fsp3) is 1.00. The predicted molar refractivity (Wildman–Crippen MR) is 42.6 cm³/mol. The van der Waals surface area contributed by atoms with Gasteiger partial charge in [-0.3, -0.25) is 4.57 Å². The van der Waals surface area contributed by atoms with Gasteiger partial charge < -0.3 is 9.26 Å². The van der Waals surface area contributed by atoms with Crippen LogP contribution in [0.3, 0.4) is 0 Å². The van der Waals surface area contributed by atoms with Crippen LogP contribution in [0.2, 0.25) is 6.32 Å². The highest BCUT2D eigenvalue weighted by Crippen LogP contribution is 2.45. The molecule has 0 amide bonds. The van der Waals surface area contributed by atoms with Gasteiger partial charge in [-0.2, -0.15) is 0 Å². The zero-order valence-electron chi connectivity index (χ0n) is 6.37. The summed E-state index contributed by atoms with van der Waals surface area (Å²) in [5.41, 5.74) is 0. The highest BCUT2D eigenvalue weighted by atomic mass is 31.2. The first kappa shape index (κ1) is 8.31. The van der Waals surface area contributed by atoms with Crippen molar-refractivity contribution in [3.8, 4) is 0 Å². The Balaban J connectivity index is 2.38. The van der Waals surface area contributed by atoms with E-state index in [9.17, 15) is 4.57 Å². The Morgan fingerprint density at radius 1 is 1.80 bits per heavy atom. The first-order chi connectivity index (χ1) is 4.64. The standard InChI is InChI=1S/C5H12BO3P/c1-10(7)4-8-5(2-6)3-9-10/h5H,2-4,6H2,1H3. The number of ether oxygens (including phenoxy) is 1. The maximum Gasteiger partial charge on any atom is 0.225 e. The molecule has 0 saturated carbocycles. The molecule has 0 N–H and O–H groups in total. The quantitative estimate of drug-likeness (QED) is 0.411. The molecule has 0 aromatic carbocycles. The molecule has 1 saturated heterocycles. The molecule has 0 bridgehead atoms. The van der Waals surface area contributed by atoms with Gasteiger partial charge in [0.25, 0.3) is 0 Å². The van der Waals surface area contributed by atoms with E-state index in [1.165, 1.54) is 0 Å². The van der Waals surface area contributed by atoms with E-state index >= 15 is 0 Å². The van der Waals surface area contributed by atoms with Gasteiger partial charge in [0.15, 0.2) is 0 Å². The highest BCUT2D eigenvalue weighted by molar-refractivity contribution is 7.58. The van der Waals surface area contributed by atoms with Crippen LogP contribution < -0.4 is 0 Å². The molecule has 0 aliphatic carbocycles. The number of hydrogen-bond donors (Lipinski definition) is 0. The third-order valence-electron chi connectivity index (χ3n) is 1.53. The zero-order valence-corrected chi connectivity index (χ0v) is 7.27. The van der Waals surface area contributed by atoms with E-state index in [4.69, 9.17) is 9.26 Å². The van der Waals surface area contributed by atoms with Crippen molar-refractivity contribution in [2.24, 2.45) is 0 Å². The molecular formula is C5H12BO3P. The molecule has 2 unspecified atom stereocenters. The summed E-state index contributed by atoms with van der Waals surface area (Å²) < 4.78 is 21.5. The van der Waals surface area contributed by atoms with Gasteiger partial charge in [0, 0.05) is 6.66 Å². The average molecular weight is 162 g/mol. The smallest absolute Gasteiger partial charge is 0.225 e. The van der Waals surface area contributed by atoms with Gasteiger partial charge in [0.05, 0.1) is 12.7 Å².